The zero-order chi connectivity index (χ0) is 11.2. The van der Waals surface area contributed by atoms with Crippen LogP contribution in [0.2, 0.25) is 0 Å². The number of rotatable bonds is 6. The van der Waals surface area contributed by atoms with Gasteiger partial charge >= 0.3 is 0 Å². The quantitative estimate of drug-likeness (QED) is 0.685. The van der Waals surface area contributed by atoms with Crippen LogP contribution in [0.4, 0.5) is 0 Å². The van der Waals surface area contributed by atoms with Crippen molar-refractivity contribution in [3.8, 4) is 0 Å². The van der Waals surface area contributed by atoms with Gasteiger partial charge in [-0.2, -0.15) is 0 Å². The SMILES string of the molecule is CCCC(C)(NC(C)CC)C(=O)NC. The van der Waals surface area contributed by atoms with Gasteiger partial charge in [0.2, 0.25) is 5.91 Å². The second kappa shape index (κ2) is 6.02. The summed E-state index contributed by atoms with van der Waals surface area (Å²) in [6, 6.07) is 0.379. The lowest BCUT2D eigenvalue weighted by molar-refractivity contribution is -0.127. The summed E-state index contributed by atoms with van der Waals surface area (Å²) in [4.78, 5) is 11.7. The molecule has 0 aliphatic heterocycles. The average Bonchev–Trinajstić information content (AvgIpc) is 2.16. The van der Waals surface area contributed by atoms with E-state index in [0.29, 0.717) is 6.04 Å². The van der Waals surface area contributed by atoms with Crippen LogP contribution in [0.25, 0.3) is 0 Å². The van der Waals surface area contributed by atoms with Crippen LogP contribution in [0.1, 0.15) is 47.0 Å². The van der Waals surface area contributed by atoms with E-state index in [4.69, 9.17) is 0 Å². The van der Waals surface area contributed by atoms with E-state index < -0.39 is 5.54 Å². The van der Waals surface area contributed by atoms with Gasteiger partial charge in [-0.3, -0.25) is 4.79 Å². The molecule has 0 rings (SSSR count). The van der Waals surface area contributed by atoms with Crippen molar-refractivity contribution in [2.45, 2.75) is 58.5 Å². The van der Waals surface area contributed by atoms with Crippen molar-refractivity contribution < 1.29 is 4.79 Å². The van der Waals surface area contributed by atoms with E-state index in [1.54, 1.807) is 7.05 Å². The first-order valence-electron chi connectivity index (χ1n) is 5.50. The fraction of sp³-hybridized carbons (Fsp3) is 0.909. The predicted octanol–water partition coefficient (Wildman–Crippen LogP) is 1.68. The van der Waals surface area contributed by atoms with E-state index in [1.165, 1.54) is 0 Å². The summed E-state index contributed by atoms with van der Waals surface area (Å²) < 4.78 is 0. The van der Waals surface area contributed by atoms with Crippen LogP contribution in [0.3, 0.4) is 0 Å². The van der Waals surface area contributed by atoms with E-state index in [9.17, 15) is 4.79 Å². The summed E-state index contributed by atoms with van der Waals surface area (Å²) >= 11 is 0. The van der Waals surface area contributed by atoms with E-state index in [-0.39, 0.29) is 5.91 Å². The molecule has 2 unspecified atom stereocenters. The Balaban J connectivity index is 4.45. The van der Waals surface area contributed by atoms with Crippen molar-refractivity contribution in [3.05, 3.63) is 0 Å². The Bertz CT molecular complexity index is 182. The summed E-state index contributed by atoms with van der Waals surface area (Å²) in [5, 5.41) is 6.10. The van der Waals surface area contributed by atoms with Gasteiger partial charge in [0.15, 0.2) is 0 Å². The molecule has 84 valence electrons. The molecule has 0 fully saturated rings. The van der Waals surface area contributed by atoms with Gasteiger partial charge in [-0.1, -0.05) is 20.3 Å². The first-order valence-corrected chi connectivity index (χ1v) is 5.50. The van der Waals surface area contributed by atoms with Crippen molar-refractivity contribution in [1.82, 2.24) is 10.6 Å². The van der Waals surface area contributed by atoms with Crippen LogP contribution in [-0.2, 0) is 4.79 Å². The fourth-order valence-corrected chi connectivity index (χ4v) is 1.67. The monoisotopic (exact) mass is 200 g/mol. The maximum Gasteiger partial charge on any atom is 0.239 e. The topological polar surface area (TPSA) is 41.1 Å². The first kappa shape index (κ1) is 13.4. The van der Waals surface area contributed by atoms with Gasteiger partial charge in [0.1, 0.15) is 0 Å². The molecule has 1 amide bonds. The number of carbonyl (C=O) groups excluding carboxylic acids is 1. The molecule has 3 heteroatoms. The van der Waals surface area contributed by atoms with Crippen molar-refractivity contribution >= 4 is 5.91 Å². The molecule has 0 radical (unpaired) electrons. The number of hydrogen-bond acceptors (Lipinski definition) is 2. The third-order valence-corrected chi connectivity index (χ3v) is 2.66. The number of nitrogens with one attached hydrogen (secondary N) is 2. The third kappa shape index (κ3) is 3.66. The van der Waals surface area contributed by atoms with Crippen molar-refractivity contribution in [1.29, 1.82) is 0 Å². The molecule has 0 aromatic carbocycles. The summed E-state index contributed by atoms with van der Waals surface area (Å²) in [6.07, 6.45) is 2.92. The standard InChI is InChI=1S/C11H24N2O/c1-6-8-11(4,10(14)12-5)13-9(3)7-2/h9,13H,6-8H2,1-5H3,(H,12,14). The molecule has 0 saturated heterocycles. The molecule has 0 aliphatic rings. The molecule has 0 aromatic heterocycles. The Morgan fingerprint density at radius 2 is 2.00 bits per heavy atom. The highest BCUT2D eigenvalue weighted by Crippen LogP contribution is 2.14. The second-order valence-corrected chi connectivity index (χ2v) is 4.11. The largest absolute Gasteiger partial charge is 0.358 e. The Kier molecular flexibility index (Phi) is 5.77. The molecular formula is C11H24N2O. The van der Waals surface area contributed by atoms with Crippen molar-refractivity contribution in [2.24, 2.45) is 0 Å². The summed E-state index contributed by atoms with van der Waals surface area (Å²) in [5.41, 5.74) is -0.418. The summed E-state index contributed by atoms with van der Waals surface area (Å²) in [5.74, 6) is 0.0830. The highest BCUT2D eigenvalue weighted by atomic mass is 16.2. The molecule has 2 N–H and O–H groups in total. The lowest BCUT2D eigenvalue weighted by atomic mass is 9.93. The molecular weight excluding hydrogens is 176 g/mol. The second-order valence-electron chi connectivity index (χ2n) is 4.11. The minimum absolute atomic E-state index is 0.0830. The van der Waals surface area contributed by atoms with Gasteiger partial charge in [-0.15, -0.1) is 0 Å². The van der Waals surface area contributed by atoms with E-state index in [2.05, 4.69) is 31.4 Å². The maximum atomic E-state index is 11.7. The normalized spacial score (nSPS) is 17.2. The molecule has 0 heterocycles. The van der Waals surface area contributed by atoms with Gasteiger partial charge in [-0.05, 0) is 26.7 Å². The molecule has 14 heavy (non-hydrogen) atoms. The Morgan fingerprint density at radius 1 is 1.43 bits per heavy atom. The fourth-order valence-electron chi connectivity index (χ4n) is 1.67. The first-order chi connectivity index (χ1) is 6.50. The predicted molar refractivity (Wildman–Crippen MR) is 60.3 cm³/mol. The zero-order valence-electron chi connectivity index (χ0n) is 10.1. The van der Waals surface area contributed by atoms with Crippen LogP contribution >= 0.6 is 0 Å². The summed E-state index contributed by atoms with van der Waals surface area (Å²) in [7, 11) is 1.69. The molecule has 0 aromatic rings. The van der Waals surface area contributed by atoms with Crippen LogP contribution < -0.4 is 10.6 Å². The lowest BCUT2D eigenvalue weighted by Crippen LogP contribution is -2.56. The zero-order valence-corrected chi connectivity index (χ0v) is 10.1. The third-order valence-electron chi connectivity index (χ3n) is 2.66. The number of amides is 1. The van der Waals surface area contributed by atoms with Crippen LogP contribution in [0, 0.1) is 0 Å². The van der Waals surface area contributed by atoms with E-state index in [1.807, 2.05) is 6.92 Å². The smallest absolute Gasteiger partial charge is 0.239 e. The number of hydrogen-bond donors (Lipinski definition) is 2. The molecule has 2 atom stereocenters. The molecule has 0 saturated carbocycles. The van der Waals surface area contributed by atoms with Crippen LogP contribution in [0.5, 0.6) is 0 Å². The maximum absolute atomic E-state index is 11.7. The Hall–Kier alpha value is -0.570. The van der Waals surface area contributed by atoms with Gasteiger partial charge in [0.25, 0.3) is 0 Å². The van der Waals surface area contributed by atoms with Crippen LogP contribution in [-0.4, -0.2) is 24.5 Å². The lowest BCUT2D eigenvalue weighted by Gasteiger charge is -2.31. The molecule has 0 bridgehead atoms. The minimum atomic E-state index is -0.418. The number of likely N-dealkylation sites (N-methyl/N-ethyl adjacent to an activating group) is 1. The molecule has 3 nitrogen and oxygen atoms in total. The van der Waals surface area contributed by atoms with Gasteiger partial charge in [-0.25, -0.2) is 0 Å². The highest BCUT2D eigenvalue weighted by Gasteiger charge is 2.31. The van der Waals surface area contributed by atoms with Crippen molar-refractivity contribution in [3.63, 3.8) is 0 Å². The highest BCUT2D eigenvalue weighted by molar-refractivity contribution is 5.85. The van der Waals surface area contributed by atoms with E-state index >= 15 is 0 Å². The van der Waals surface area contributed by atoms with Gasteiger partial charge in [0.05, 0.1) is 5.54 Å². The number of carbonyl (C=O) groups is 1. The Morgan fingerprint density at radius 3 is 2.36 bits per heavy atom. The van der Waals surface area contributed by atoms with Gasteiger partial charge in [0, 0.05) is 13.1 Å². The van der Waals surface area contributed by atoms with E-state index in [0.717, 1.165) is 19.3 Å². The molecule has 0 aliphatic carbocycles. The minimum Gasteiger partial charge on any atom is -0.358 e. The average molecular weight is 200 g/mol. The van der Waals surface area contributed by atoms with Crippen LogP contribution in [0.15, 0.2) is 0 Å². The molecule has 0 spiro atoms. The Labute approximate surface area is 87.6 Å². The van der Waals surface area contributed by atoms with Gasteiger partial charge < -0.3 is 10.6 Å². The van der Waals surface area contributed by atoms with Crippen molar-refractivity contribution in [2.75, 3.05) is 7.05 Å². The summed E-state index contributed by atoms with van der Waals surface area (Å²) in [6.45, 7) is 8.30.